The van der Waals surface area contributed by atoms with Gasteiger partial charge in [-0.15, -0.1) is 0 Å². The number of benzene rings is 2. The maximum Gasteiger partial charge on any atom is 0.337 e. The van der Waals surface area contributed by atoms with Gasteiger partial charge < -0.3 is 14.8 Å². The summed E-state index contributed by atoms with van der Waals surface area (Å²) in [5.41, 5.74) is -0.00373. The SMILES string of the molecule is COC(=O)c1cc(NC(=O)c2cc(Br)ccc2F)cc(C(=O)OC)c1. The van der Waals surface area contributed by atoms with Crippen molar-refractivity contribution in [1.29, 1.82) is 0 Å². The second-order valence-electron chi connectivity index (χ2n) is 4.86. The Balaban J connectivity index is 2.40. The standard InChI is InChI=1S/C17H13BrFNO5/c1-24-16(22)9-5-10(17(23)25-2)7-12(6-9)20-15(21)13-8-11(18)3-4-14(13)19/h3-8H,1-2H3,(H,20,21). The highest BCUT2D eigenvalue weighted by atomic mass is 79.9. The molecule has 8 heteroatoms. The summed E-state index contributed by atoms with van der Waals surface area (Å²) in [6, 6.07) is 7.81. The molecule has 0 fully saturated rings. The van der Waals surface area contributed by atoms with Crippen molar-refractivity contribution >= 4 is 39.5 Å². The van der Waals surface area contributed by atoms with E-state index < -0.39 is 23.7 Å². The summed E-state index contributed by atoms with van der Waals surface area (Å²) >= 11 is 3.16. The summed E-state index contributed by atoms with van der Waals surface area (Å²) in [4.78, 5) is 35.7. The van der Waals surface area contributed by atoms with Gasteiger partial charge in [0.05, 0.1) is 30.9 Å². The van der Waals surface area contributed by atoms with Gasteiger partial charge in [-0.05, 0) is 36.4 Å². The number of carbonyl (C=O) groups is 3. The molecule has 2 aromatic carbocycles. The molecule has 1 amide bonds. The number of hydrogen-bond acceptors (Lipinski definition) is 5. The molecule has 1 N–H and O–H groups in total. The highest BCUT2D eigenvalue weighted by Gasteiger charge is 2.17. The molecule has 0 saturated carbocycles. The lowest BCUT2D eigenvalue weighted by molar-refractivity contribution is 0.0599. The number of esters is 2. The van der Waals surface area contributed by atoms with Gasteiger partial charge in [-0.3, -0.25) is 4.79 Å². The third-order valence-corrected chi connectivity index (χ3v) is 3.70. The fourth-order valence-electron chi connectivity index (χ4n) is 2.04. The molecule has 130 valence electrons. The van der Waals surface area contributed by atoms with Crippen LogP contribution < -0.4 is 5.32 Å². The summed E-state index contributed by atoms with van der Waals surface area (Å²) in [7, 11) is 2.37. The molecule has 25 heavy (non-hydrogen) atoms. The van der Waals surface area contributed by atoms with Gasteiger partial charge in [-0.1, -0.05) is 15.9 Å². The number of rotatable bonds is 4. The first-order valence-electron chi connectivity index (χ1n) is 6.94. The number of hydrogen-bond donors (Lipinski definition) is 1. The van der Waals surface area contributed by atoms with E-state index in [4.69, 9.17) is 0 Å². The summed E-state index contributed by atoms with van der Waals surface area (Å²) in [5.74, 6) is -2.85. The van der Waals surface area contributed by atoms with Crippen molar-refractivity contribution in [2.75, 3.05) is 19.5 Å². The molecule has 0 saturated heterocycles. The van der Waals surface area contributed by atoms with Gasteiger partial charge >= 0.3 is 11.9 Å². The zero-order valence-electron chi connectivity index (χ0n) is 13.3. The van der Waals surface area contributed by atoms with Crippen molar-refractivity contribution in [3.63, 3.8) is 0 Å². The van der Waals surface area contributed by atoms with Crippen LogP contribution in [0, 0.1) is 5.82 Å². The van der Waals surface area contributed by atoms with Crippen LogP contribution in [0.25, 0.3) is 0 Å². The third kappa shape index (κ3) is 4.42. The molecule has 0 aromatic heterocycles. The normalized spacial score (nSPS) is 10.1. The maximum atomic E-state index is 13.8. The van der Waals surface area contributed by atoms with Gasteiger partial charge in [0.2, 0.25) is 0 Å². The zero-order chi connectivity index (χ0) is 18.6. The fourth-order valence-corrected chi connectivity index (χ4v) is 2.40. The summed E-state index contributed by atoms with van der Waals surface area (Å²) in [6.07, 6.45) is 0. The van der Waals surface area contributed by atoms with E-state index in [-0.39, 0.29) is 22.4 Å². The molecule has 0 heterocycles. The summed E-state index contributed by atoms with van der Waals surface area (Å²) in [6.45, 7) is 0. The Hall–Kier alpha value is -2.74. The van der Waals surface area contributed by atoms with Crippen LogP contribution >= 0.6 is 15.9 Å². The lowest BCUT2D eigenvalue weighted by Crippen LogP contribution is -2.15. The lowest BCUT2D eigenvalue weighted by atomic mass is 10.1. The average Bonchev–Trinajstić information content (AvgIpc) is 2.61. The van der Waals surface area contributed by atoms with Crippen LogP contribution in [-0.4, -0.2) is 32.1 Å². The molecule has 0 aliphatic heterocycles. The highest BCUT2D eigenvalue weighted by Crippen LogP contribution is 2.20. The zero-order valence-corrected chi connectivity index (χ0v) is 14.8. The van der Waals surface area contributed by atoms with Crippen LogP contribution in [0.15, 0.2) is 40.9 Å². The minimum atomic E-state index is -0.739. The van der Waals surface area contributed by atoms with Crippen molar-refractivity contribution in [3.8, 4) is 0 Å². The molecular formula is C17H13BrFNO5. The predicted molar refractivity (Wildman–Crippen MR) is 91.2 cm³/mol. The number of halogens is 2. The lowest BCUT2D eigenvalue weighted by Gasteiger charge is -2.10. The van der Waals surface area contributed by atoms with E-state index in [9.17, 15) is 18.8 Å². The molecule has 2 rings (SSSR count). The monoisotopic (exact) mass is 409 g/mol. The third-order valence-electron chi connectivity index (χ3n) is 3.21. The van der Waals surface area contributed by atoms with Crippen molar-refractivity contribution in [2.45, 2.75) is 0 Å². The largest absolute Gasteiger partial charge is 0.465 e. The first-order valence-corrected chi connectivity index (χ1v) is 7.73. The minimum Gasteiger partial charge on any atom is -0.465 e. The van der Waals surface area contributed by atoms with Gasteiger partial charge in [0.1, 0.15) is 5.82 Å². The quantitative estimate of drug-likeness (QED) is 0.782. The molecular weight excluding hydrogens is 397 g/mol. The molecule has 0 atom stereocenters. The minimum absolute atomic E-state index is 0.0374. The Bertz CT molecular complexity index is 819. The summed E-state index contributed by atoms with van der Waals surface area (Å²) < 4.78 is 23.6. The second-order valence-corrected chi connectivity index (χ2v) is 5.78. The van der Waals surface area contributed by atoms with Crippen LogP contribution in [0.1, 0.15) is 31.1 Å². The topological polar surface area (TPSA) is 81.7 Å². The van der Waals surface area contributed by atoms with Gasteiger partial charge in [-0.2, -0.15) is 0 Å². The maximum absolute atomic E-state index is 13.8. The Labute approximate surface area is 151 Å². The van der Waals surface area contributed by atoms with Crippen LogP contribution in [0.3, 0.4) is 0 Å². The molecule has 0 radical (unpaired) electrons. The van der Waals surface area contributed by atoms with Gasteiger partial charge in [0.15, 0.2) is 0 Å². The Kier molecular flexibility index (Phi) is 5.87. The number of amides is 1. The van der Waals surface area contributed by atoms with Gasteiger partial charge in [-0.25, -0.2) is 14.0 Å². The molecule has 6 nitrogen and oxygen atoms in total. The van der Waals surface area contributed by atoms with Crippen LogP contribution in [0.5, 0.6) is 0 Å². The van der Waals surface area contributed by atoms with E-state index in [0.29, 0.717) is 4.47 Å². The van der Waals surface area contributed by atoms with Crippen molar-refractivity contribution in [2.24, 2.45) is 0 Å². The smallest absolute Gasteiger partial charge is 0.337 e. The summed E-state index contributed by atoms with van der Waals surface area (Å²) in [5, 5.41) is 2.45. The highest BCUT2D eigenvalue weighted by molar-refractivity contribution is 9.10. The molecule has 0 spiro atoms. The van der Waals surface area contributed by atoms with Crippen LogP contribution in [0.2, 0.25) is 0 Å². The predicted octanol–water partition coefficient (Wildman–Crippen LogP) is 3.41. The van der Waals surface area contributed by atoms with E-state index in [1.54, 1.807) is 0 Å². The molecule has 0 unspecified atom stereocenters. The van der Waals surface area contributed by atoms with E-state index in [1.165, 1.54) is 44.6 Å². The van der Waals surface area contributed by atoms with E-state index in [0.717, 1.165) is 6.07 Å². The van der Waals surface area contributed by atoms with E-state index >= 15 is 0 Å². The van der Waals surface area contributed by atoms with E-state index in [1.807, 2.05) is 0 Å². The van der Waals surface area contributed by atoms with Crippen molar-refractivity contribution in [3.05, 3.63) is 63.4 Å². The Morgan fingerprint density at radius 1 is 0.960 bits per heavy atom. The van der Waals surface area contributed by atoms with Crippen molar-refractivity contribution in [1.82, 2.24) is 0 Å². The van der Waals surface area contributed by atoms with E-state index in [2.05, 4.69) is 30.7 Å². The van der Waals surface area contributed by atoms with Gasteiger partial charge in [0, 0.05) is 10.2 Å². The second kappa shape index (κ2) is 7.89. The average molecular weight is 410 g/mol. The Morgan fingerprint density at radius 2 is 1.52 bits per heavy atom. The molecule has 0 bridgehead atoms. The first-order chi connectivity index (χ1) is 11.8. The first kappa shape index (κ1) is 18.6. The molecule has 0 aliphatic rings. The molecule has 0 aliphatic carbocycles. The van der Waals surface area contributed by atoms with Crippen molar-refractivity contribution < 1.29 is 28.2 Å². The van der Waals surface area contributed by atoms with Crippen LogP contribution in [0.4, 0.5) is 10.1 Å². The number of ether oxygens (including phenoxy) is 2. The number of carbonyl (C=O) groups excluding carboxylic acids is 3. The van der Waals surface area contributed by atoms with Crippen LogP contribution in [-0.2, 0) is 9.47 Å². The number of anilines is 1. The molecule has 2 aromatic rings. The Morgan fingerprint density at radius 3 is 2.04 bits per heavy atom. The van der Waals surface area contributed by atoms with Gasteiger partial charge in [0.25, 0.3) is 5.91 Å². The number of nitrogens with one attached hydrogen (secondary N) is 1. The number of methoxy groups -OCH3 is 2. The fraction of sp³-hybridized carbons (Fsp3) is 0.118.